The van der Waals surface area contributed by atoms with Gasteiger partial charge in [0.2, 0.25) is 0 Å². The molecule has 1 aromatic rings. The van der Waals surface area contributed by atoms with E-state index in [9.17, 15) is 0 Å². The van der Waals surface area contributed by atoms with Crippen LogP contribution < -0.4 is 0 Å². The highest BCUT2D eigenvalue weighted by molar-refractivity contribution is 5.15. The van der Waals surface area contributed by atoms with Crippen LogP contribution in [0.1, 0.15) is 24.1 Å². The summed E-state index contributed by atoms with van der Waals surface area (Å²) in [4.78, 5) is 4.21. The summed E-state index contributed by atoms with van der Waals surface area (Å²) in [7, 11) is 0. The molecular weight excluding hydrogens is 174 g/mol. The van der Waals surface area contributed by atoms with Crippen LogP contribution in [0.25, 0.3) is 0 Å². The van der Waals surface area contributed by atoms with Crippen molar-refractivity contribution in [3.8, 4) is 12.1 Å². The minimum Gasteiger partial charge on any atom is -0.261 e. The molecule has 14 heavy (non-hydrogen) atoms. The number of nitrogens with zero attached hydrogens (tertiary/aromatic N) is 3. The van der Waals surface area contributed by atoms with Crippen molar-refractivity contribution < 1.29 is 0 Å². The Morgan fingerprint density at radius 3 is 2.36 bits per heavy atom. The van der Waals surface area contributed by atoms with Crippen molar-refractivity contribution >= 4 is 0 Å². The Morgan fingerprint density at radius 2 is 1.79 bits per heavy atom. The van der Waals surface area contributed by atoms with Crippen LogP contribution in [-0.4, -0.2) is 4.98 Å². The molecule has 0 aliphatic rings. The van der Waals surface area contributed by atoms with Crippen molar-refractivity contribution in [3.63, 3.8) is 0 Å². The van der Waals surface area contributed by atoms with Crippen LogP contribution in [0.15, 0.2) is 18.3 Å². The lowest BCUT2D eigenvalue weighted by Gasteiger charge is -1.99. The second-order valence-corrected chi connectivity index (χ2v) is 2.97. The largest absolute Gasteiger partial charge is 0.261 e. The molecule has 0 amide bonds. The van der Waals surface area contributed by atoms with Crippen molar-refractivity contribution in [3.05, 3.63) is 29.6 Å². The van der Waals surface area contributed by atoms with Crippen LogP contribution >= 0.6 is 0 Å². The van der Waals surface area contributed by atoms with Crippen molar-refractivity contribution in [2.75, 3.05) is 0 Å². The molecule has 70 valence electrons. The van der Waals surface area contributed by atoms with Gasteiger partial charge in [0, 0.05) is 31.2 Å². The van der Waals surface area contributed by atoms with E-state index in [1.807, 2.05) is 12.1 Å². The Balaban J connectivity index is 2.52. The summed E-state index contributed by atoms with van der Waals surface area (Å²) in [6.07, 6.45) is 4.27. The number of aromatic nitrogens is 1. The van der Waals surface area contributed by atoms with E-state index < -0.39 is 0 Å². The maximum absolute atomic E-state index is 8.39. The van der Waals surface area contributed by atoms with Gasteiger partial charge in [0.25, 0.3) is 0 Å². The molecule has 0 N–H and O–H groups in total. The van der Waals surface area contributed by atoms with E-state index in [2.05, 4.69) is 17.1 Å². The zero-order valence-electron chi connectivity index (χ0n) is 7.90. The number of rotatable bonds is 4. The molecule has 0 atom stereocenters. The van der Waals surface area contributed by atoms with Gasteiger partial charge in [-0.25, -0.2) is 0 Å². The van der Waals surface area contributed by atoms with Gasteiger partial charge in [0.15, 0.2) is 0 Å². The molecule has 0 saturated heterocycles. The summed E-state index contributed by atoms with van der Waals surface area (Å²) < 4.78 is 0. The van der Waals surface area contributed by atoms with Gasteiger partial charge in [0.1, 0.15) is 0 Å². The molecular formula is C11H11N3. The molecule has 1 aromatic heterocycles. The third-order valence-corrected chi connectivity index (χ3v) is 1.90. The quantitative estimate of drug-likeness (QED) is 0.720. The lowest BCUT2D eigenvalue weighted by Crippen LogP contribution is -1.91. The topological polar surface area (TPSA) is 60.5 Å². The maximum Gasteiger partial charge on any atom is 0.0625 e. The number of hydrogen-bond donors (Lipinski definition) is 0. The van der Waals surface area contributed by atoms with Gasteiger partial charge in [-0.05, 0) is 18.1 Å². The summed E-state index contributed by atoms with van der Waals surface area (Å²) in [5, 5.41) is 16.8. The smallest absolute Gasteiger partial charge is 0.0625 e. The number of nitriles is 2. The molecule has 1 heterocycles. The Hall–Kier alpha value is -1.87. The van der Waals surface area contributed by atoms with E-state index in [0.717, 1.165) is 17.7 Å². The predicted molar refractivity (Wildman–Crippen MR) is 52.1 cm³/mol. The number of aryl methyl sites for hydroxylation is 2. The maximum atomic E-state index is 8.39. The normalized spacial score (nSPS) is 9.00. The standard InChI is InChI=1S/C11H11N3/c12-7-1-3-10-5-6-11(14-9-10)4-2-8-13/h5-6,9H,1-4H2. The zero-order valence-corrected chi connectivity index (χ0v) is 7.90. The van der Waals surface area contributed by atoms with Crippen molar-refractivity contribution in [1.82, 2.24) is 4.98 Å². The SMILES string of the molecule is N#CCCc1ccc(CCC#N)nc1. The van der Waals surface area contributed by atoms with E-state index in [-0.39, 0.29) is 0 Å². The van der Waals surface area contributed by atoms with Gasteiger partial charge < -0.3 is 0 Å². The van der Waals surface area contributed by atoms with Crippen molar-refractivity contribution in [2.24, 2.45) is 0 Å². The molecule has 0 spiro atoms. The van der Waals surface area contributed by atoms with Crippen molar-refractivity contribution in [1.29, 1.82) is 10.5 Å². The second-order valence-electron chi connectivity index (χ2n) is 2.97. The molecule has 0 fully saturated rings. The molecule has 3 nitrogen and oxygen atoms in total. The van der Waals surface area contributed by atoms with E-state index in [0.29, 0.717) is 19.3 Å². The van der Waals surface area contributed by atoms with Crippen LogP contribution in [0.5, 0.6) is 0 Å². The fourth-order valence-electron chi connectivity index (χ4n) is 1.14. The van der Waals surface area contributed by atoms with E-state index in [1.165, 1.54) is 0 Å². The number of pyridine rings is 1. The van der Waals surface area contributed by atoms with Gasteiger partial charge in [-0.1, -0.05) is 6.07 Å². The average molecular weight is 185 g/mol. The first-order valence-electron chi connectivity index (χ1n) is 4.54. The molecule has 0 aromatic carbocycles. The molecule has 0 aliphatic carbocycles. The third kappa shape index (κ3) is 3.25. The first kappa shape index (κ1) is 10.2. The molecule has 3 heteroatoms. The molecule has 1 rings (SSSR count). The summed E-state index contributed by atoms with van der Waals surface area (Å²) in [6.45, 7) is 0. The van der Waals surface area contributed by atoms with Gasteiger partial charge in [-0.15, -0.1) is 0 Å². The van der Waals surface area contributed by atoms with Crippen LogP contribution in [0.4, 0.5) is 0 Å². The average Bonchev–Trinajstić information content (AvgIpc) is 2.25. The summed E-state index contributed by atoms with van der Waals surface area (Å²) in [5.74, 6) is 0. The Labute approximate surface area is 83.6 Å². The van der Waals surface area contributed by atoms with E-state index in [4.69, 9.17) is 10.5 Å². The lowest BCUT2D eigenvalue weighted by atomic mass is 10.1. The van der Waals surface area contributed by atoms with Crippen LogP contribution in [0.2, 0.25) is 0 Å². The first-order chi connectivity index (χ1) is 6.86. The summed E-state index contributed by atoms with van der Waals surface area (Å²) in [6, 6.07) is 8.07. The van der Waals surface area contributed by atoms with E-state index >= 15 is 0 Å². The highest BCUT2D eigenvalue weighted by atomic mass is 14.7. The fourth-order valence-corrected chi connectivity index (χ4v) is 1.14. The van der Waals surface area contributed by atoms with Crippen LogP contribution in [0.3, 0.4) is 0 Å². The van der Waals surface area contributed by atoms with Crippen molar-refractivity contribution in [2.45, 2.75) is 25.7 Å². The van der Waals surface area contributed by atoms with E-state index in [1.54, 1.807) is 6.20 Å². The monoisotopic (exact) mass is 185 g/mol. The molecule has 0 saturated carbocycles. The molecule has 0 unspecified atom stereocenters. The summed E-state index contributed by atoms with van der Waals surface area (Å²) >= 11 is 0. The summed E-state index contributed by atoms with van der Waals surface area (Å²) in [5.41, 5.74) is 2.01. The Morgan fingerprint density at radius 1 is 1.07 bits per heavy atom. The van der Waals surface area contributed by atoms with Gasteiger partial charge >= 0.3 is 0 Å². The van der Waals surface area contributed by atoms with Crippen LogP contribution in [0, 0.1) is 22.7 Å². The first-order valence-corrected chi connectivity index (χ1v) is 4.54. The predicted octanol–water partition coefficient (Wildman–Crippen LogP) is 1.99. The van der Waals surface area contributed by atoms with Gasteiger partial charge in [0.05, 0.1) is 12.1 Å². The third-order valence-electron chi connectivity index (χ3n) is 1.90. The zero-order chi connectivity index (χ0) is 10.2. The lowest BCUT2D eigenvalue weighted by molar-refractivity contribution is 0.928. The Kier molecular flexibility index (Phi) is 4.17. The fraction of sp³-hybridized carbons (Fsp3) is 0.364. The minimum atomic E-state index is 0.505. The second kappa shape index (κ2) is 5.72. The number of hydrogen-bond acceptors (Lipinski definition) is 3. The van der Waals surface area contributed by atoms with Crippen LogP contribution in [-0.2, 0) is 12.8 Å². The van der Waals surface area contributed by atoms with Gasteiger partial charge in [-0.3, -0.25) is 4.98 Å². The molecule has 0 radical (unpaired) electrons. The minimum absolute atomic E-state index is 0.505. The van der Waals surface area contributed by atoms with Gasteiger partial charge in [-0.2, -0.15) is 10.5 Å². The molecule has 0 bridgehead atoms. The highest BCUT2D eigenvalue weighted by Crippen LogP contribution is 2.04. The molecule has 0 aliphatic heterocycles. The highest BCUT2D eigenvalue weighted by Gasteiger charge is 1.95. The Bertz CT molecular complexity index is 317.